The van der Waals surface area contributed by atoms with E-state index in [4.69, 9.17) is 0 Å². The van der Waals surface area contributed by atoms with E-state index < -0.39 is 17.4 Å². The Hall–Kier alpha value is -2.70. The summed E-state index contributed by atoms with van der Waals surface area (Å²) in [7, 11) is 0. The van der Waals surface area contributed by atoms with Crippen molar-refractivity contribution in [1.82, 2.24) is 10.6 Å². The van der Waals surface area contributed by atoms with Crippen LogP contribution in [0.15, 0.2) is 60.7 Å². The van der Waals surface area contributed by atoms with Crippen LogP contribution in [-0.2, 0) is 15.2 Å². The van der Waals surface area contributed by atoms with Crippen LogP contribution in [0.25, 0.3) is 10.1 Å². The van der Waals surface area contributed by atoms with Gasteiger partial charge >= 0.3 is 11.8 Å². The van der Waals surface area contributed by atoms with Gasteiger partial charge in [0.1, 0.15) is 5.60 Å². The Morgan fingerprint density at radius 2 is 1.74 bits per heavy atom. The van der Waals surface area contributed by atoms with E-state index in [9.17, 15) is 14.7 Å². The Morgan fingerprint density at radius 3 is 2.44 bits per heavy atom. The first-order valence-electron chi connectivity index (χ1n) is 8.72. The molecule has 3 aromatic rings. The summed E-state index contributed by atoms with van der Waals surface area (Å²) in [6, 6.07) is 18.9. The van der Waals surface area contributed by atoms with Crippen molar-refractivity contribution in [2.45, 2.75) is 25.5 Å². The van der Waals surface area contributed by atoms with Crippen LogP contribution >= 0.6 is 11.3 Å². The molecule has 1 heterocycles. The molecule has 6 heteroatoms. The average Bonchev–Trinajstić information content (AvgIpc) is 3.12. The molecule has 2 atom stereocenters. The van der Waals surface area contributed by atoms with E-state index in [2.05, 4.69) is 10.6 Å². The number of rotatable bonds is 5. The quantitative estimate of drug-likeness (QED) is 0.594. The third-order valence-corrected chi connectivity index (χ3v) is 5.77. The van der Waals surface area contributed by atoms with Gasteiger partial charge in [0.25, 0.3) is 0 Å². The molecule has 2 aromatic carbocycles. The fourth-order valence-electron chi connectivity index (χ4n) is 2.75. The number of hydrogen-bond acceptors (Lipinski definition) is 4. The van der Waals surface area contributed by atoms with Crippen molar-refractivity contribution in [2.24, 2.45) is 0 Å². The lowest BCUT2D eigenvalue weighted by molar-refractivity contribution is -0.140. The summed E-state index contributed by atoms with van der Waals surface area (Å²) in [6.07, 6.45) is 0. The van der Waals surface area contributed by atoms with E-state index in [-0.39, 0.29) is 12.6 Å². The van der Waals surface area contributed by atoms with Gasteiger partial charge in [-0.2, -0.15) is 0 Å². The van der Waals surface area contributed by atoms with Crippen LogP contribution in [0.5, 0.6) is 0 Å². The molecular formula is C21H22N2O3S. The van der Waals surface area contributed by atoms with Crippen molar-refractivity contribution in [3.8, 4) is 0 Å². The molecule has 2 amide bonds. The van der Waals surface area contributed by atoms with Crippen LogP contribution in [0, 0.1) is 0 Å². The number of benzene rings is 2. The molecular weight excluding hydrogens is 360 g/mol. The van der Waals surface area contributed by atoms with Crippen LogP contribution in [0.2, 0.25) is 0 Å². The van der Waals surface area contributed by atoms with E-state index in [0.29, 0.717) is 0 Å². The zero-order valence-corrected chi connectivity index (χ0v) is 16.0. The summed E-state index contributed by atoms with van der Waals surface area (Å²) in [5, 5.41) is 17.0. The number of aliphatic hydroxyl groups is 1. The Bertz CT molecular complexity index is 917. The lowest BCUT2D eigenvalue weighted by Gasteiger charge is -2.22. The van der Waals surface area contributed by atoms with E-state index in [1.54, 1.807) is 6.92 Å². The maximum Gasteiger partial charge on any atom is 0.309 e. The Balaban J connectivity index is 1.59. The summed E-state index contributed by atoms with van der Waals surface area (Å²) in [6.45, 7) is 3.39. The largest absolute Gasteiger partial charge is 0.383 e. The van der Waals surface area contributed by atoms with Gasteiger partial charge in [0.05, 0.1) is 12.6 Å². The zero-order valence-electron chi connectivity index (χ0n) is 15.2. The lowest BCUT2D eigenvalue weighted by Crippen LogP contribution is -2.45. The minimum absolute atomic E-state index is 0.0498. The first-order valence-corrected chi connectivity index (χ1v) is 9.53. The first kappa shape index (κ1) is 19.1. The van der Waals surface area contributed by atoms with Gasteiger partial charge in [0.15, 0.2) is 0 Å². The van der Waals surface area contributed by atoms with Crippen LogP contribution < -0.4 is 10.6 Å². The predicted molar refractivity (Wildman–Crippen MR) is 107 cm³/mol. The van der Waals surface area contributed by atoms with Gasteiger partial charge in [0, 0.05) is 9.58 Å². The lowest BCUT2D eigenvalue weighted by atomic mass is 10.0. The smallest absolute Gasteiger partial charge is 0.309 e. The number of amides is 2. The van der Waals surface area contributed by atoms with Crippen LogP contribution in [0.3, 0.4) is 0 Å². The molecule has 0 bridgehead atoms. The second-order valence-corrected chi connectivity index (χ2v) is 7.79. The van der Waals surface area contributed by atoms with Crippen molar-refractivity contribution in [2.75, 3.05) is 6.54 Å². The van der Waals surface area contributed by atoms with Gasteiger partial charge < -0.3 is 15.7 Å². The molecule has 0 radical (unpaired) electrons. The molecule has 0 spiro atoms. The molecule has 3 rings (SSSR count). The van der Waals surface area contributed by atoms with Gasteiger partial charge in [-0.15, -0.1) is 11.3 Å². The minimum Gasteiger partial charge on any atom is -0.383 e. The molecule has 5 nitrogen and oxygen atoms in total. The first-order chi connectivity index (χ1) is 12.9. The zero-order chi connectivity index (χ0) is 19.4. The maximum atomic E-state index is 12.1. The highest BCUT2D eigenvalue weighted by Gasteiger charge is 2.27. The molecule has 0 aliphatic rings. The third kappa shape index (κ3) is 4.53. The second-order valence-electron chi connectivity index (χ2n) is 6.71. The van der Waals surface area contributed by atoms with E-state index >= 15 is 0 Å². The molecule has 0 aliphatic heterocycles. The summed E-state index contributed by atoms with van der Waals surface area (Å²) >= 11 is 1.47. The van der Waals surface area contributed by atoms with E-state index in [1.165, 1.54) is 11.3 Å². The topological polar surface area (TPSA) is 78.4 Å². The summed E-state index contributed by atoms with van der Waals surface area (Å²) in [5.41, 5.74) is -0.346. The minimum atomic E-state index is -1.26. The Labute approximate surface area is 162 Å². The van der Waals surface area contributed by atoms with Crippen molar-refractivity contribution < 1.29 is 14.7 Å². The van der Waals surface area contributed by atoms with E-state index in [0.717, 1.165) is 20.5 Å². The van der Waals surface area contributed by atoms with Crippen molar-refractivity contribution in [3.05, 3.63) is 71.1 Å². The highest BCUT2D eigenvalue weighted by atomic mass is 32.1. The third-order valence-electron chi connectivity index (χ3n) is 4.40. The molecule has 0 unspecified atom stereocenters. The maximum absolute atomic E-state index is 12.1. The van der Waals surface area contributed by atoms with Crippen LogP contribution in [0.4, 0.5) is 0 Å². The van der Waals surface area contributed by atoms with Gasteiger partial charge in [-0.25, -0.2) is 0 Å². The number of carbonyl (C=O) groups is 2. The van der Waals surface area contributed by atoms with Crippen molar-refractivity contribution >= 4 is 33.2 Å². The van der Waals surface area contributed by atoms with Gasteiger partial charge in [0.2, 0.25) is 0 Å². The van der Waals surface area contributed by atoms with Crippen molar-refractivity contribution in [1.29, 1.82) is 0 Å². The molecule has 3 N–H and O–H groups in total. The van der Waals surface area contributed by atoms with Crippen LogP contribution in [0.1, 0.15) is 30.3 Å². The number of nitrogens with one attached hydrogen (secondary N) is 2. The fraction of sp³-hybridized carbons (Fsp3) is 0.238. The Morgan fingerprint density at radius 1 is 1.07 bits per heavy atom. The molecule has 0 fully saturated rings. The van der Waals surface area contributed by atoms with Gasteiger partial charge in [-0.1, -0.05) is 48.5 Å². The SMILES string of the molecule is C[C@@H](NC(=O)C(=O)NC[C@](C)(O)c1cc2ccccc2s1)c1ccccc1. The van der Waals surface area contributed by atoms with Gasteiger partial charge in [-0.3, -0.25) is 9.59 Å². The normalized spacial score (nSPS) is 14.3. The monoisotopic (exact) mass is 382 g/mol. The summed E-state index contributed by atoms with van der Waals surface area (Å²) < 4.78 is 1.06. The summed E-state index contributed by atoms with van der Waals surface area (Å²) in [5.74, 6) is -1.49. The molecule has 140 valence electrons. The summed E-state index contributed by atoms with van der Waals surface area (Å²) in [4.78, 5) is 25.0. The standard InChI is InChI=1S/C21H22N2O3S/c1-14(15-8-4-3-5-9-15)23-20(25)19(24)22-13-21(2,26)18-12-16-10-6-7-11-17(16)27-18/h3-12,14,26H,13H2,1-2H3,(H,22,24)(H,23,25)/t14-,21+/m1/s1. The number of thiophene rings is 1. The second kappa shape index (κ2) is 7.90. The average molecular weight is 382 g/mol. The van der Waals surface area contributed by atoms with E-state index in [1.807, 2.05) is 67.6 Å². The fourth-order valence-corrected chi connectivity index (χ4v) is 3.86. The molecule has 0 aliphatic carbocycles. The number of carbonyl (C=O) groups excluding carboxylic acids is 2. The molecule has 0 saturated carbocycles. The van der Waals surface area contributed by atoms with Gasteiger partial charge in [-0.05, 0) is 36.9 Å². The predicted octanol–water partition coefficient (Wildman–Crippen LogP) is 3.10. The molecule has 1 aromatic heterocycles. The number of fused-ring (bicyclic) bond motifs is 1. The molecule has 0 saturated heterocycles. The van der Waals surface area contributed by atoms with Crippen LogP contribution in [-0.4, -0.2) is 23.5 Å². The van der Waals surface area contributed by atoms with Crippen molar-refractivity contribution in [3.63, 3.8) is 0 Å². The molecule has 27 heavy (non-hydrogen) atoms. The highest BCUT2D eigenvalue weighted by molar-refractivity contribution is 7.19. The number of hydrogen-bond donors (Lipinski definition) is 3. The Kier molecular flexibility index (Phi) is 5.58. The highest BCUT2D eigenvalue weighted by Crippen LogP contribution is 2.32.